The topological polar surface area (TPSA) is 162 Å². The fourth-order valence-electron chi connectivity index (χ4n) is 8.79. The molecular weight excluding hydrogens is 809 g/mol. The Morgan fingerprint density at radius 1 is 0.778 bits per heavy atom. The number of rotatable bonds is 9. The summed E-state index contributed by atoms with van der Waals surface area (Å²) >= 11 is 0. The van der Waals surface area contributed by atoms with E-state index in [1.807, 2.05) is 41.3 Å². The van der Waals surface area contributed by atoms with Gasteiger partial charge in [0.1, 0.15) is 17.3 Å². The molecule has 3 aliphatic rings. The Balaban J connectivity index is 0.984. The van der Waals surface area contributed by atoms with Gasteiger partial charge in [-0.05, 0) is 95.8 Å². The number of amides is 5. The first kappa shape index (κ1) is 40.9. The molecule has 5 amide bonds. The number of carbonyl (C=O) groups is 5. The predicted molar refractivity (Wildman–Crippen MR) is 235 cm³/mol. The molecule has 320 valence electrons. The lowest BCUT2D eigenvalue weighted by Crippen LogP contribution is -2.46. The number of anilines is 4. The summed E-state index contributed by atoms with van der Waals surface area (Å²) in [4.78, 5) is 72.7. The van der Waals surface area contributed by atoms with Crippen LogP contribution in [0.4, 0.5) is 31.5 Å². The molecular formula is C47H43F2N9O5. The molecule has 3 N–H and O–H groups in total. The van der Waals surface area contributed by atoms with Gasteiger partial charge in [-0.15, -0.1) is 0 Å². The molecule has 3 fully saturated rings. The zero-order valence-electron chi connectivity index (χ0n) is 34.6. The fraction of sp³-hybridized carbons (Fsp3) is 0.255. The molecule has 0 spiro atoms. The first-order valence-corrected chi connectivity index (χ1v) is 20.8. The van der Waals surface area contributed by atoms with Crippen molar-refractivity contribution in [3.05, 3.63) is 120 Å². The second-order valence-electron chi connectivity index (χ2n) is 15.9. The van der Waals surface area contributed by atoms with Crippen molar-refractivity contribution in [2.75, 3.05) is 59.8 Å². The maximum atomic E-state index is 17.1. The number of benzene rings is 4. The van der Waals surface area contributed by atoms with Crippen LogP contribution in [0.25, 0.3) is 33.2 Å². The first-order chi connectivity index (χ1) is 30.5. The van der Waals surface area contributed by atoms with Gasteiger partial charge in [0.05, 0.1) is 22.5 Å². The Kier molecular flexibility index (Phi) is 10.9. The summed E-state index contributed by atoms with van der Waals surface area (Å²) in [6.07, 6.45) is 3.15. The molecule has 1 atom stereocenters. The summed E-state index contributed by atoms with van der Waals surface area (Å²) in [6, 6.07) is 24.6. The minimum absolute atomic E-state index is 0.0172. The van der Waals surface area contributed by atoms with Crippen LogP contribution in [-0.4, -0.2) is 84.1 Å². The van der Waals surface area contributed by atoms with Crippen LogP contribution in [0.15, 0.2) is 91.1 Å². The van der Waals surface area contributed by atoms with E-state index >= 15 is 8.78 Å². The lowest BCUT2D eigenvalue weighted by Gasteiger charge is -2.37. The lowest BCUT2D eigenvalue weighted by atomic mass is 9.90. The molecule has 3 saturated heterocycles. The van der Waals surface area contributed by atoms with Crippen LogP contribution in [-0.2, 0) is 21.4 Å². The Morgan fingerprint density at radius 3 is 2.24 bits per heavy atom. The Morgan fingerprint density at radius 2 is 1.52 bits per heavy atom. The summed E-state index contributed by atoms with van der Waals surface area (Å²) in [5.74, 6) is -3.41. The summed E-state index contributed by atoms with van der Waals surface area (Å²) in [5, 5.41) is 12.0. The van der Waals surface area contributed by atoms with E-state index in [1.54, 1.807) is 42.3 Å². The fourth-order valence-corrected chi connectivity index (χ4v) is 8.79. The van der Waals surface area contributed by atoms with Crippen molar-refractivity contribution in [2.45, 2.75) is 31.6 Å². The first-order valence-electron chi connectivity index (χ1n) is 20.8. The molecule has 16 heteroatoms. The number of hydrogen-bond donors (Lipinski definition) is 3. The van der Waals surface area contributed by atoms with Crippen LogP contribution in [0.5, 0.6) is 0 Å². The number of imide groups is 1. The van der Waals surface area contributed by atoms with Crippen LogP contribution in [0, 0.1) is 11.6 Å². The van der Waals surface area contributed by atoms with Crippen LogP contribution in [0.3, 0.4) is 0 Å². The molecule has 9 rings (SSSR count). The van der Waals surface area contributed by atoms with E-state index < -0.39 is 35.3 Å². The van der Waals surface area contributed by atoms with E-state index in [0.717, 1.165) is 17.7 Å². The molecule has 3 aliphatic heterocycles. The van der Waals surface area contributed by atoms with E-state index in [0.29, 0.717) is 79.1 Å². The number of pyridine rings is 1. The molecule has 0 saturated carbocycles. The van der Waals surface area contributed by atoms with Gasteiger partial charge in [0.25, 0.3) is 11.8 Å². The summed E-state index contributed by atoms with van der Waals surface area (Å²) in [6.45, 7) is 2.93. The Labute approximate surface area is 360 Å². The number of fused-ring (bicyclic) bond motifs is 1. The number of aromatic nitrogens is 3. The normalized spacial score (nSPS) is 16.7. The monoisotopic (exact) mass is 851 g/mol. The predicted octanol–water partition coefficient (Wildman–Crippen LogP) is 6.17. The van der Waals surface area contributed by atoms with Crippen molar-refractivity contribution in [1.82, 2.24) is 25.4 Å². The number of carbonyl (C=O) groups excluding carboxylic acids is 5. The average Bonchev–Trinajstić information content (AvgIpc) is 3.89. The summed E-state index contributed by atoms with van der Waals surface area (Å²) < 4.78 is 34.0. The van der Waals surface area contributed by atoms with Gasteiger partial charge in [0.15, 0.2) is 5.69 Å². The minimum atomic E-state index is -0.668. The average molecular weight is 852 g/mol. The maximum absolute atomic E-state index is 17.1. The molecule has 0 bridgehead atoms. The quantitative estimate of drug-likeness (QED) is 0.145. The van der Waals surface area contributed by atoms with Crippen molar-refractivity contribution < 1.29 is 32.8 Å². The van der Waals surface area contributed by atoms with Crippen molar-refractivity contribution in [3.8, 4) is 22.3 Å². The second-order valence-corrected chi connectivity index (χ2v) is 15.9. The van der Waals surface area contributed by atoms with Gasteiger partial charge < -0.3 is 25.3 Å². The van der Waals surface area contributed by atoms with E-state index in [-0.39, 0.29) is 46.3 Å². The smallest absolute Gasteiger partial charge is 0.276 e. The SMILES string of the molecule is CNC(=O)c1cc(NC(=O)c2nn(C)c3ccc(-c4ccc(N5CCCC5=O)cc4-c4ccc(N5CCN(c6ccc(C7CCC(=O)NC7=O)cc6F)CC5)cc4)c(F)c23)ccn1. The zero-order valence-corrected chi connectivity index (χ0v) is 34.6. The maximum Gasteiger partial charge on any atom is 0.276 e. The molecule has 4 aromatic carbocycles. The third kappa shape index (κ3) is 7.83. The number of piperidine rings is 1. The largest absolute Gasteiger partial charge is 0.368 e. The Hall–Kier alpha value is -7.49. The van der Waals surface area contributed by atoms with Gasteiger partial charge in [-0.3, -0.25) is 39.0 Å². The highest BCUT2D eigenvalue weighted by Crippen LogP contribution is 2.40. The van der Waals surface area contributed by atoms with Crippen molar-refractivity contribution >= 4 is 63.2 Å². The number of nitrogens with one attached hydrogen (secondary N) is 3. The van der Waals surface area contributed by atoms with E-state index in [2.05, 4.69) is 30.9 Å². The highest BCUT2D eigenvalue weighted by molar-refractivity contribution is 6.12. The zero-order chi connectivity index (χ0) is 43.9. The van der Waals surface area contributed by atoms with Gasteiger partial charge in [0, 0.05) is 88.5 Å². The summed E-state index contributed by atoms with van der Waals surface area (Å²) in [5.41, 5.74) is 5.57. The van der Waals surface area contributed by atoms with Crippen molar-refractivity contribution in [3.63, 3.8) is 0 Å². The van der Waals surface area contributed by atoms with Crippen molar-refractivity contribution in [2.24, 2.45) is 7.05 Å². The number of nitrogens with zero attached hydrogens (tertiary/aromatic N) is 6. The molecule has 2 aromatic heterocycles. The summed E-state index contributed by atoms with van der Waals surface area (Å²) in [7, 11) is 3.10. The van der Waals surface area contributed by atoms with E-state index in [1.165, 1.54) is 36.1 Å². The van der Waals surface area contributed by atoms with E-state index in [9.17, 15) is 24.0 Å². The molecule has 63 heavy (non-hydrogen) atoms. The van der Waals surface area contributed by atoms with Crippen LogP contribution in [0.2, 0.25) is 0 Å². The molecule has 14 nitrogen and oxygen atoms in total. The van der Waals surface area contributed by atoms with Gasteiger partial charge in [-0.25, -0.2) is 8.78 Å². The second kappa shape index (κ2) is 16.8. The minimum Gasteiger partial charge on any atom is -0.368 e. The number of hydrogen-bond acceptors (Lipinski definition) is 9. The third-order valence-electron chi connectivity index (χ3n) is 12.1. The molecule has 1 unspecified atom stereocenters. The van der Waals surface area contributed by atoms with Crippen molar-refractivity contribution in [1.29, 1.82) is 0 Å². The van der Waals surface area contributed by atoms with Crippen LogP contribution < -0.4 is 30.7 Å². The van der Waals surface area contributed by atoms with Gasteiger partial charge >= 0.3 is 0 Å². The molecule has 0 aliphatic carbocycles. The highest BCUT2D eigenvalue weighted by atomic mass is 19.1. The Bertz CT molecular complexity index is 2840. The lowest BCUT2D eigenvalue weighted by molar-refractivity contribution is -0.134. The van der Waals surface area contributed by atoms with Gasteiger partial charge in [-0.1, -0.05) is 24.3 Å². The molecule has 0 radical (unpaired) electrons. The van der Waals surface area contributed by atoms with Gasteiger partial charge in [0.2, 0.25) is 17.7 Å². The molecule has 6 aromatic rings. The van der Waals surface area contributed by atoms with E-state index in [4.69, 9.17) is 0 Å². The third-order valence-corrected chi connectivity index (χ3v) is 12.1. The van der Waals surface area contributed by atoms with Gasteiger partial charge in [-0.2, -0.15) is 5.10 Å². The molecule has 5 heterocycles. The number of aryl methyl sites for hydroxylation is 1. The van der Waals surface area contributed by atoms with Crippen LogP contribution >= 0.6 is 0 Å². The highest BCUT2D eigenvalue weighted by Gasteiger charge is 2.30. The number of halogens is 2. The number of piperazine rings is 1. The standard InChI is InChI=1S/C47H43F2N9O5/c1-50-46(62)37-25-29(17-18-51-37)52-47(63)44-42-39(55(2)54-44)15-12-34(43(42)49)33-11-10-31(58-19-3-4-41(58)60)26-35(33)27-5-8-30(9-6-27)56-20-22-57(23-21-56)38-14-7-28(24-36(38)48)32-13-16-40(59)53-45(32)61/h5-12,14-15,17-18,24-26,32H,3-4,13,16,19-23H2,1-2H3,(H,50,62)(H,51,52,63)(H,53,59,61). The van der Waals surface area contributed by atoms with Crippen LogP contribution in [0.1, 0.15) is 58.1 Å².